The van der Waals surface area contributed by atoms with Crippen molar-refractivity contribution in [1.29, 1.82) is 0 Å². The predicted molar refractivity (Wildman–Crippen MR) is 132 cm³/mol. The minimum absolute atomic E-state index is 0.00949. The van der Waals surface area contributed by atoms with Gasteiger partial charge in [0.2, 0.25) is 0 Å². The molecule has 8 heteroatoms. The molecule has 1 heterocycles. The number of Topliss-reactive ketones (excluding diaryl/α,β-unsaturated/α-hetero) is 1. The third kappa shape index (κ3) is 4.11. The number of allylic oxidation sites excluding steroid dienone is 1. The molecule has 5 rings (SSSR count). The highest BCUT2D eigenvalue weighted by atomic mass is 32.1. The van der Waals surface area contributed by atoms with Gasteiger partial charge in [0, 0.05) is 35.9 Å². The highest BCUT2D eigenvalue weighted by Crippen LogP contribution is 2.48. The van der Waals surface area contributed by atoms with Crippen molar-refractivity contribution in [3.8, 4) is 0 Å². The van der Waals surface area contributed by atoms with Crippen LogP contribution >= 0.6 is 12.2 Å². The van der Waals surface area contributed by atoms with E-state index in [1.807, 2.05) is 35.2 Å². The summed E-state index contributed by atoms with van der Waals surface area (Å²) in [6.45, 7) is 4.18. The second-order valence-electron chi connectivity index (χ2n) is 9.82. The molecule has 1 atom stereocenters. The highest BCUT2D eigenvalue weighted by Gasteiger charge is 2.43. The fourth-order valence-electron chi connectivity index (χ4n) is 4.81. The summed E-state index contributed by atoms with van der Waals surface area (Å²) < 4.78 is 0. The summed E-state index contributed by atoms with van der Waals surface area (Å²) in [4.78, 5) is 26.8. The fraction of sp³-hybridized carbons (Fsp3) is 0.360. The second-order valence-corrected chi connectivity index (χ2v) is 10.2. The molecule has 3 aliphatic rings. The van der Waals surface area contributed by atoms with Crippen molar-refractivity contribution >= 4 is 40.2 Å². The van der Waals surface area contributed by atoms with Crippen LogP contribution in [0.3, 0.4) is 0 Å². The number of carbonyl (C=O) groups excluding carboxylic acids is 1. The lowest BCUT2D eigenvalue weighted by molar-refractivity contribution is -0.384. The van der Waals surface area contributed by atoms with Crippen molar-refractivity contribution in [2.24, 2.45) is 5.41 Å². The van der Waals surface area contributed by atoms with Crippen LogP contribution in [0.2, 0.25) is 0 Å². The molecule has 0 aromatic heterocycles. The van der Waals surface area contributed by atoms with Crippen LogP contribution in [0.5, 0.6) is 0 Å². The van der Waals surface area contributed by atoms with Gasteiger partial charge in [0.05, 0.1) is 22.3 Å². The molecule has 2 aromatic rings. The standard InChI is InChI=1S/C25H26N4O3S/c1-25(2)13-19-22(21(30)14-25)23(15-6-5-7-17(12-15)29(31)32)28(24(33)26-16-10-11-16)20-9-4-3-8-18(20)27-19/h3-9,12,16,23,27H,10-11,13-14H2,1-2H3,(H,26,33)/t23-/m0/s1. The minimum atomic E-state index is -0.571. The van der Waals surface area contributed by atoms with Gasteiger partial charge in [-0.05, 0) is 54.6 Å². The Morgan fingerprint density at radius 2 is 1.94 bits per heavy atom. The molecule has 0 radical (unpaired) electrons. The number of anilines is 2. The van der Waals surface area contributed by atoms with Crippen LogP contribution in [0.4, 0.5) is 17.1 Å². The number of nitro benzene ring substituents is 1. The molecule has 0 unspecified atom stereocenters. The van der Waals surface area contributed by atoms with E-state index in [-0.39, 0.29) is 16.9 Å². The van der Waals surface area contributed by atoms with Crippen molar-refractivity contribution in [3.63, 3.8) is 0 Å². The Kier molecular flexibility index (Phi) is 5.20. The number of nitrogens with one attached hydrogen (secondary N) is 2. The predicted octanol–water partition coefficient (Wildman–Crippen LogP) is 5.25. The molecule has 0 spiro atoms. The molecule has 2 N–H and O–H groups in total. The van der Waals surface area contributed by atoms with Crippen molar-refractivity contribution in [3.05, 3.63) is 75.5 Å². The van der Waals surface area contributed by atoms with E-state index in [9.17, 15) is 14.9 Å². The summed E-state index contributed by atoms with van der Waals surface area (Å²) in [6, 6.07) is 14.1. The van der Waals surface area contributed by atoms with Crippen molar-refractivity contribution < 1.29 is 9.72 Å². The van der Waals surface area contributed by atoms with Gasteiger partial charge in [-0.3, -0.25) is 14.9 Å². The number of nitro groups is 1. The van der Waals surface area contributed by atoms with Crippen LogP contribution in [0.25, 0.3) is 0 Å². The molecule has 33 heavy (non-hydrogen) atoms. The van der Waals surface area contributed by atoms with Gasteiger partial charge in [0.15, 0.2) is 10.9 Å². The Balaban J connectivity index is 1.75. The Hall–Kier alpha value is -3.26. The number of rotatable bonds is 3. The number of hydrogen-bond donors (Lipinski definition) is 2. The first kappa shape index (κ1) is 21.6. The number of carbonyl (C=O) groups is 1. The van der Waals surface area contributed by atoms with Crippen molar-refractivity contribution in [1.82, 2.24) is 5.32 Å². The molecule has 1 saturated carbocycles. The lowest BCUT2D eigenvalue weighted by Crippen LogP contribution is -2.45. The van der Waals surface area contributed by atoms with E-state index in [0.29, 0.717) is 35.1 Å². The summed E-state index contributed by atoms with van der Waals surface area (Å²) in [5.74, 6) is 0.0392. The lowest BCUT2D eigenvalue weighted by atomic mass is 9.73. The van der Waals surface area contributed by atoms with E-state index in [2.05, 4.69) is 24.5 Å². The van der Waals surface area contributed by atoms with E-state index in [1.54, 1.807) is 12.1 Å². The number of hydrogen-bond acceptors (Lipinski definition) is 5. The summed E-state index contributed by atoms with van der Waals surface area (Å²) in [7, 11) is 0. The van der Waals surface area contributed by atoms with E-state index in [4.69, 9.17) is 12.2 Å². The first-order chi connectivity index (χ1) is 15.7. The van der Waals surface area contributed by atoms with Crippen LogP contribution in [-0.4, -0.2) is 21.9 Å². The number of nitrogens with zero attached hydrogens (tertiary/aromatic N) is 2. The second kappa shape index (κ2) is 7.95. The third-order valence-corrected chi connectivity index (χ3v) is 6.74. The largest absolute Gasteiger partial charge is 0.360 e. The lowest BCUT2D eigenvalue weighted by Gasteiger charge is -2.38. The van der Waals surface area contributed by atoms with E-state index in [1.165, 1.54) is 6.07 Å². The first-order valence-electron chi connectivity index (χ1n) is 11.2. The Labute approximate surface area is 198 Å². The number of non-ortho nitro benzene ring substituents is 1. The van der Waals surface area contributed by atoms with Gasteiger partial charge in [-0.15, -0.1) is 0 Å². The van der Waals surface area contributed by atoms with Crippen LogP contribution < -0.4 is 15.5 Å². The summed E-state index contributed by atoms with van der Waals surface area (Å²) >= 11 is 5.88. The molecular weight excluding hydrogens is 436 g/mol. The molecule has 7 nitrogen and oxygen atoms in total. The zero-order valence-corrected chi connectivity index (χ0v) is 19.4. The van der Waals surface area contributed by atoms with Gasteiger partial charge in [-0.1, -0.05) is 38.1 Å². The number of thiocarbonyl (C=S) groups is 1. The summed E-state index contributed by atoms with van der Waals surface area (Å²) in [5, 5.41) is 19.0. The van der Waals surface area contributed by atoms with Gasteiger partial charge < -0.3 is 15.5 Å². The highest BCUT2D eigenvalue weighted by molar-refractivity contribution is 7.80. The topological polar surface area (TPSA) is 87.5 Å². The van der Waals surface area contributed by atoms with Gasteiger partial charge in [-0.2, -0.15) is 0 Å². The third-order valence-electron chi connectivity index (χ3n) is 6.42. The SMILES string of the molecule is CC1(C)CC(=O)C2=C(C1)Nc1ccccc1N(C(=S)NC1CC1)[C@H]2c1cccc([N+](=O)[O-])c1. The molecule has 1 fully saturated rings. The average molecular weight is 463 g/mol. The zero-order chi connectivity index (χ0) is 23.3. The Morgan fingerprint density at radius 1 is 1.18 bits per heavy atom. The maximum absolute atomic E-state index is 13.6. The monoisotopic (exact) mass is 462 g/mol. The molecule has 2 aliphatic carbocycles. The van der Waals surface area contributed by atoms with Crippen LogP contribution in [0.1, 0.15) is 51.1 Å². The molecule has 0 saturated heterocycles. The maximum atomic E-state index is 13.6. The zero-order valence-electron chi connectivity index (χ0n) is 18.6. The number of para-hydroxylation sites is 2. The van der Waals surface area contributed by atoms with Crippen molar-refractivity contribution in [2.75, 3.05) is 10.2 Å². The molecule has 1 aliphatic heterocycles. The number of ketones is 1. The average Bonchev–Trinajstić information content (AvgIpc) is 3.57. The van der Waals surface area contributed by atoms with Gasteiger partial charge in [-0.25, -0.2) is 0 Å². The molecule has 2 aromatic carbocycles. The molecule has 170 valence electrons. The smallest absolute Gasteiger partial charge is 0.269 e. The van der Waals surface area contributed by atoms with E-state index < -0.39 is 11.0 Å². The van der Waals surface area contributed by atoms with Crippen molar-refractivity contribution in [2.45, 2.75) is 51.6 Å². The van der Waals surface area contributed by atoms with E-state index >= 15 is 0 Å². The van der Waals surface area contributed by atoms with Gasteiger partial charge in [0.25, 0.3) is 5.69 Å². The maximum Gasteiger partial charge on any atom is 0.269 e. The minimum Gasteiger partial charge on any atom is -0.360 e. The summed E-state index contributed by atoms with van der Waals surface area (Å²) in [5.41, 5.74) is 3.67. The van der Waals surface area contributed by atoms with Gasteiger partial charge >= 0.3 is 0 Å². The van der Waals surface area contributed by atoms with Crippen LogP contribution in [-0.2, 0) is 4.79 Å². The molecular formula is C25H26N4O3S. The molecule has 0 bridgehead atoms. The van der Waals surface area contributed by atoms with Crippen LogP contribution in [0.15, 0.2) is 59.8 Å². The van der Waals surface area contributed by atoms with Gasteiger partial charge in [0.1, 0.15) is 0 Å². The first-order valence-corrected chi connectivity index (χ1v) is 11.6. The Morgan fingerprint density at radius 3 is 2.67 bits per heavy atom. The number of benzene rings is 2. The fourth-order valence-corrected chi connectivity index (χ4v) is 5.18. The molecule has 0 amide bonds. The van der Waals surface area contributed by atoms with E-state index in [0.717, 1.165) is 29.9 Å². The summed E-state index contributed by atoms with van der Waals surface area (Å²) in [6.07, 6.45) is 3.21. The Bertz CT molecular complexity index is 1200. The number of fused-ring (bicyclic) bond motifs is 1. The normalized spacial score (nSPS) is 21.5. The van der Waals surface area contributed by atoms with Crippen LogP contribution in [0, 0.1) is 15.5 Å². The quantitative estimate of drug-likeness (QED) is 0.366.